The molecule has 18 heavy (non-hydrogen) atoms. The first kappa shape index (κ1) is 12.0. The highest BCUT2D eigenvalue weighted by Gasteiger charge is 2.54. The lowest BCUT2D eigenvalue weighted by Crippen LogP contribution is -2.66. The van der Waals surface area contributed by atoms with Crippen LogP contribution in [0.1, 0.15) is 46.0 Å². The van der Waals surface area contributed by atoms with Gasteiger partial charge in [0, 0.05) is 6.54 Å². The van der Waals surface area contributed by atoms with Gasteiger partial charge in [0.2, 0.25) is 11.8 Å². The predicted octanol–water partition coefficient (Wildman–Crippen LogP) is 1.30. The third-order valence-electron chi connectivity index (χ3n) is 5.09. The number of carbonyl (C=O) groups is 2. The number of nitrogens with zero attached hydrogens (tertiary/aromatic N) is 1. The molecular weight excluding hydrogens is 228 g/mol. The Morgan fingerprint density at radius 3 is 2.50 bits per heavy atom. The molecule has 1 aliphatic heterocycles. The summed E-state index contributed by atoms with van der Waals surface area (Å²) in [5.41, 5.74) is -0.309. The third kappa shape index (κ3) is 1.82. The molecule has 1 N–H and O–H groups in total. The van der Waals surface area contributed by atoms with E-state index in [0.29, 0.717) is 11.3 Å². The maximum Gasteiger partial charge on any atom is 0.248 e. The van der Waals surface area contributed by atoms with E-state index in [1.165, 1.54) is 12.8 Å². The summed E-state index contributed by atoms with van der Waals surface area (Å²) in [6.45, 7) is 5.12. The summed E-state index contributed by atoms with van der Waals surface area (Å²) < 4.78 is 0. The molecule has 4 heteroatoms. The van der Waals surface area contributed by atoms with Gasteiger partial charge in [0.1, 0.15) is 5.54 Å². The molecule has 0 radical (unpaired) electrons. The minimum atomic E-state index is -0.626. The summed E-state index contributed by atoms with van der Waals surface area (Å²) in [5.74, 6) is 0.508. The van der Waals surface area contributed by atoms with E-state index in [2.05, 4.69) is 12.2 Å². The maximum atomic E-state index is 12.6. The van der Waals surface area contributed by atoms with Crippen LogP contribution in [0.4, 0.5) is 0 Å². The Hall–Kier alpha value is -1.06. The van der Waals surface area contributed by atoms with Gasteiger partial charge >= 0.3 is 0 Å². The molecule has 0 aromatic rings. The first-order valence-corrected chi connectivity index (χ1v) is 7.09. The fraction of sp³-hybridized carbons (Fsp3) is 0.857. The summed E-state index contributed by atoms with van der Waals surface area (Å²) in [7, 11) is 0. The van der Waals surface area contributed by atoms with Gasteiger partial charge in [0.15, 0.2) is 0 Å². The molecule has 0 aromatic heterocycles. The molecule has 1 atom stereocenters. The van der Waals surface area contributed by atoms with Crippen LogP contribution >= 0.6 is 0 Å². The van der Waals surface area contributed by atoms with Gasteiger partial charge in [-0.2, -0.15) is 0 Å². The quantitative estimate of drug-likeness (QED) is 0.817. The number of hydrogen-bond acceptors (Lipinski definition) is 2. The zero-order valence-corrected chi connectivity index (χ0v) is 11.3. The van der Waals surface area contributed by atoms with Crippen molar-refractivity contribution in [1.82, 2.24) is 10.2 Å². The zero-order valence-electron chi connectivity index (χ0n) is 11.3. The van der Waals surface area contributed by atoms with E-state index in [4.69, 9.17) is 0 Å². The van der Waals surface area contributed by atoms with Crippen molar-refractivity contribution >= 4 is 11.8 Å². The lowest BCUT2D eigenvalue weighted by Gasteiger charge is -2.41. The summed E-state index contributed by atoms with van der Waals surface area (Å²) in [5, 5.41) is 2.93. The Balaban J connectivity index is 1.77. The number of hydrogen-bond donors (Lipinski definition) is 1. The standard InChI is InChI=1S/C14H22N2O2/c1-3-14(6-7-14)9-16-8-11(17)15-13(2,12(16)18)10-4-5-10/h10H,3-9H2,1-2H3,(H,15,17). The molecule has 3 aliphatic rings. The van der Waals surface area contributed by atoms with Crippen LogP contribution in [0.25, 0.3) is 0 Å². The molecule has 4 nitrogen and oxygen atoms in total. The van der Waals surface area contributed by atoms with E-state index in [0.717, 1.165) is 25.8 Å². The Morgan fingerprint density at radius 1 is 1.33 bits per heavy atom. The molecule has 0 spiro atoms. The fourth-order valence-electron chi connectivity index (χ4n) is 3.23. The number of nitrogens with one attached hydrogen (secondary N) is 1. The minimum Gasteiger partial charge on any atom is -0.340 e. The molecule has 1 heterocycles. The van der Waals surface area contributed by atoms with Crippen molar-refractivity contribution in [2.24, 2.45) is 11.3 Å². The van der Waals surface area contributed by atoms with Gasteiger partial charge in [-0.05, 0) is 50.4 Å². The number of rotatable bonds is 4. The summed E-state index contributed by atoms with van der Waals surface area (Å²) in [6.07, 6.45) is 5.65. The average Bonchev–Trinajstić information content (AvgIpc) is 3.18. The van der Waals surface area contributed by atoms with E-state index >= 15 is 0 Å². The minimum absolute atomic E-state index is 0.0101. The summed E-state index contributed by atoms with van der Waals surface area (Å²) in [4.78, 5) is 26.3. The SMILES string of the molecule is CCC1(CN2CC(=O)NC(C)(C3CC3)C2=O)CC1. The highest BCUT2D eigenvalue weighted by Crippen LogP contribution is 2.50. The number of carbonyl (C=O) groups excluding carboxylic acids is 2. The Labute approximate surface area is 108 Å². The van der Waals surface area contributed by atoms with Gasteiger partial charge in [-0.25, -0.2) is 0 Å². The largest absolute Gasteiger partial charge is 0.340 e. The van der Waals surface area contributed by atoms with E-state index in [9.17, 15) is 9.59 Å². The van der Waals surface area contributed by atoms with Crippen LogP contribution in [0.15, 0.2) is 0 Å². The molecule has 0 bridgehead atoms. The summed E-state index contributed by atoms with van der Waals surface area (Å²) >= 11 is 0. The number of amides is 2. The molecule has 3 fully saturated rings. The third-order valence-corrected chi connectivity index (χ3v) is 5.09. The van der Waals surface area contributed by atoms with Crippen molar-refractivity contribution in [3.8, 4) is 0 Å². The monoisotopic (exact) mass is 250 g/mol. The van der Waals surface area contributed by atoms with Crippen LogP contribution in [0, 0.1) is 11.3 Å². The van der Waals surface area contributed by atoms with Crippen molar-refractivity contribution < 1.29 is 9.59 Å². The highest BCUT2D eigenvalue weighted by atomic mass is 16.2. The van der Waals surface area contributed by atoms with Gasteiger partial charge in [0.25, 0.3) is 0 Å². The normalized spacial score (nSPS) is 34.4. The Bertz CT molecular complexity index is 399. The van der Waals surface area contributed by atoms with Crippen molar-refractivity contribution in [1.29, 1.82) is 0 Å². The smallest absolute Gasteiger partial charge is 0.248 e. The maximum absolute atomic E-state index is 12.6. The second kappa shape index (κ2) is 3.72. The highest BCUT2D eigenvalue weighted by molar-refractivity contribution is 5.98. The van der Waals surface area contributed by atoms with Gasteiger partial charge in [0.05, 0.1) is 6.54 Å². The topological polar surface area (TPSA) is 49.4 Å². The molecule has 3 rings (SSSR count). The van der Waals surface area contributed by atoms with Gasteiger partial charge < -0.3 is 10.2 Å². The molecule has 1 saturated heterocycles. The van der Waals surface area contributed by atoms with Crippen molar-refractivity contribution in [2.75, 3.05) is 13.1 Å². The van der Waals surface area contributed by atoms with Crippen LogP contribution in [0.3, 0.4) is 0 Å². The lowest BCUT2D eigenvalue weighted by molar-refractivity contribution is -0.151. The van der Waals surface area contributed by atoms with E-state index < -0.39 is 5.54 Å². The molecule has 1 unspecified atom stereocenters. The molecule has 2 aliphatic carbocycles. The van der Waals surface area contributed by atoms with Crippen LogP contribution in [-0.2, 0) is 9.59 Å². The first-order valence-electron chi connectivity index (χ1n) is 7.09. The summed E-state index contributed by atoms with van der Waals surface area (Å²) in [6, 6.07) is 0. The van der Waals surface area contributed by atoms with Gasteiger partial charge in [-0.3, -0.25) is 9.59 Å². The Morgan fingerprint density at radius 2 is 2.00 bits per heavy atom. The second-order valence-corrected chi connectivity index (χ2v) is 6.54. The lowest BCUT2D eigenvalue weighted by atomic mass is 9.90. The molecular formula is C14H22N2O2. The average molecular weight is 250 g/mol. The molecule has 100 valence electrons. The Kier molecular flexibility index (Phi) is 2.48. The van der Waals surface area contributed by atoms with Crippen LogP contribution in [-0.4, -0.2) is 35.3 Å². The van der Waals surface area contributed by atoms with Gasteiger partial charge in [-0.15, -0.1) is 0 Å². The van der Waals surface area contributed by atoms with Crippen LogP contribution in [0.5, 0.6) is 0 Å². The van der Waals surface area contributed by atoms with Crippen molar-refractivity contribution in [3.05, 3.63) is 0 Å². The predicted molar refractivity (Wildman–Crippen MR) is 67.8 cm³/mol. The zero-order chi connectivity index (χ0) is 13.0. The fourth-order valence-corrected chi connectivity index (χ4v) is 3.23. The van der Waals surface area contributed by atoms with Gasteiger partial charge in [-0.1, -0.05) is 6.92 Å². The van der Waals surface area contributed by atoms with E-state index in [-0.39, 0.29) is 18.4 Å². The molecule has 2 saturated carbocycles. The molecule has 2 amide bonds. The van der Waals surface area contributed by atoms with E-state index in [1.807, 2.05) is 11.8 Å². The van der Waals surface area contributed by atoms with Crippen molar-refractivity contribution in [3.63, 3.8) is 0 Å². The second-order valence-electron chi connectivity index (χ2n) is 6.54. The van der Waals surface area contributed by atoms with Crippen molar-refractivity contribution in [2.45, 2.75) is 51.5 Å². The first-order chi connectivity index (χ1) is 8.49. The van der Waals surface area contributed by atoms with Crippen LogP contribution < -0.4 is 5.32 Å². The van der Waals surface area contributed by atoms with E-state index in [1.54, 1.807) is 0 Å². The van der Waals surface area contributed by atoms with Crippen LogP contribution in [0.2, 0.25) is 0 Å². The number of piperazine rings is 1. The molecule has 0 aromatic carbocycles.